The van der Waals surface area contributed by atoms with E-state index in [9.17, 15) is 9.59 Å². The van der Waals surface area contributed by atoms with E-state index >= 15 is 0 Å². The van der Waals surface area contributed by atoms with Crippen LogP contribution < -0.4 is 5.32 Å². The van der Waals surface area contributed by atoms with Crippen molar-refractivity contribution in [3.05, 3.63) is 28.8 Å². The predicted molar refractivity (Wildman–Crippen MR) is 99.3 cm³/mol. The summed E-state index contributed by atoms with van der Waals surface area (Å²) in [5, 5.41) is 3.18. The second kappa shape index (κ2) is 9.06. The number of benzene rings is 1. The highest BCUT2D eigenvalue weighted by atomic mass is 35.5. The van der Waals surface area contributed by atoms with Crippen LogP contribution in [0.1, 0.15) is 30.6 Å². The predicted octanol–water partition coefficient (Wildman–Crippen LogP) is 3.32. The van der Waals surface area contributed by atoms with Crippen molar-refractivity contribution in [1.29, 1.82) is 0 Å². The number of methoxy groups -OCH3 is 1. The highest BCUT2D eigenvalue weighted by Gasteiger charge is 2.22. The molecular formula is C18H26ClN3O3. The van der Waals surface area contributed by atoms with E-state index in [1.165, 1.54) is 19.6 Å². The Morgan fingerprint density at radius 2 is 1.92 bits per heavy atom. The number of halogens is 1. The Morgan fingerprint density at radius 1 is 1.24 bits per heavy atom. The highest BCUT2D eigenvalue weighted by molar-refractivity contribution is 6.33. The molecule has 0 radical (unpaired) electrons. The molecule has 0 spiro atoms. The fourth-order valence-electron chi connectivity index (χ4n) is 2.68. The van der Waals surface area contributed by atoms with Crippen LogP contribution in [0.25, 0.3) is 0 Å². The van der Waals surface area contributed by atoms with Crippen molar-refractivity contribution in [2.24, 2.45) is 5.92 Å². The highest BCUT2D eigenvalue weighted by Crippen LogP contribution is 2.24. The lowest BCUT2D eigenvalue weighted by Gasteiger charge is -2.35. The number of urea groups is 1. The number of ether oxygens (including phenoxy) is 1. The van der Waals surface area contributed by atoms with Crippen LogP contribution in [0.4, 0.5) is 10.5 Å². The van der Waals surface area contributed by atoms with Crippen molar-refractivity contribution >= 4 is 29.3 Å². The lowest BCUT2D eigenvalue weighted by Crippen LogP contribution is -2.50. The minimum absolute atomic E-state index is 0.201. The first kappa shape index (κ1) is 19.5. The van der Waals surface area contributed by atoms with E-state index in [1.807, 2.05) is 0 Å². The molecule has 138 valence electrons. The van der Waals surface area contributed by atoms with Crippen LogP contribution in [0, 0.1) is 5.92 Å². The van der Waals surface area contributed by atoms with Crippen LogP contribution in [-0.4, -0.2) is 61.6 Å². The minimum Gasteiger partial charge on any atom is -0.465 e. The maximum Gasteiger partial charge on any atom is 0.337 e. The van der Waals surface area contributed by atoms with E-state index in [0.717, 1.165) is 19.6 Å². The molecule has 1 aliphatic rings. The number of nitrogens with zero attached hydrogens (tertiary/aromatic N) is 2. The molecule has 0 aromatic heterocycles. The van der Waals surface area contributed by atoms with Gasteiger partial charge in [0.25, 0.3) is 0 Å². The fraction of sp³-hybridized carbons (Fsp3) is 0.556. The molecule has 0 saturated carbocycles. The van der Waals surface area contributed by atoms with Gasteiger partial charge in [-0.25, -0.2) is 9.59 Å². The van der Waals surface area contributed by atoms with E-state index in [-0.39, 0.29) is 6.03 Å². The second-order valence-corrected chi connectivity index (χ2v) is 7.03. The third-order valence-corrected chi connectivity index (χ3v) is 4.64. The van der Waals surface area contributed by atoms with E-state index in [4.69, 9.17) is 16.3 Å². The van der Waals surface area contributed by atoms with Crippen LogP contribution in [0.5, 0.6) is 0 Å². The van der Waals surface area contributed by atoms with Crippen LogP contribution >= 0.6 is 11.6 Å². The molecule has 25 heavy (non-hydrogen) atoms. The van der Waals surface area contributed by atoms with Gasteiger partial charge in [0.1, 0.15) is 0 Å². The van der Waals surface area contributed by atoms with Crippen molar-refractivity contribution in [2.75, 3.05) is 45.2 Å². The fourth-order valence-corrected chi connectivity index (χ4v) is 2.84. The summed E-state index contributed by atoms with van der Waals surface area (Å²) in [4.78, 5) is 28.2. The van der Waals surface area contributed by atoms with Crippen molar-refractivity contribution < 1.29 is 14.3 Å². The second-order valence-electron chi connectivity index (χ2n) is 6.63. The number of nitrogens with one attached hydrogen (secondary N) is 1. The standard InChI is InChI=1S/C18H26ClN3O3/c1-13(2)6-7-21-8-10-22(11-9-21)18(24)20-16-12-14(17(23)25-3)4-5-15(16)19/h4-5,12-13H,6-11H2,1-3H3,(H,20,24). The molecule has 2 rings (SSSR count). The maximum atomic E-state index is 12.5. The molecule has 1 N–H and O–H groups in total. The number of piperazine rings is 1. The van der Waals surface area contributed by atoms with Crippen LogP contribution in [0.15, 0.2) is 18.2 Å². The number of hydrogen-bond acceptors (Lipinski definition) is 4. The molecule has 1 saturated heterocycles. The molecule has 7 heteroatoms. The van der Waals surface area contributed by atoms with Crippen LogP contribution in [0.2, 0.25) is 5.02 Å². The summed E-state index contributed by atoms with van der Waals surface area (Å²) >= 11 is 6.13. The summed E-state index contributed by atoms with van der Waals surface area (Å²) in [5.74, 6) is 0.219. The molecule has 1 heterocycles. The van der Waals surface area contributed by atoms with Crippen LogP contribution in [-0.2, 0) is 4.74 Å². The number of amides is 2. The zero-order valence-electron chi connectivity index (χ0n) is 15.0. The summed E-state index contributed by atoms with van der Waals surface area (Å²) in [5.41, 5.74) is 0.762. The number of anilines is 1. The summed E-state index contributed by atoms with van der Waals surface area (Å²) < 4.78 is 4.69. The van der Waals surface area contributed by atoms with Gasteiger partial charge in [-0.05, 0) is 37.1 Å². The van der Waals surface area contributed by atoms with Gasteiger partial charge >= 0.3 is 12.0 Å². The lowest BCUT2D eigenvalue weighted by atomic mass is 10.1. The van der Waals surface area contributed by atoms with Gasteiger partial charge in [-0.2, -0.15) is 0 Å². The third-order valence-electron chi connectivity index (χ3n) is 4.31. The van der Waals surface area contributed by atoms with Gasteiger partial charge in [0.05, 0.1) is 23.4 Å². The molecule has 1 aromatic rings. The van der Waals surface area contributed by atoms with E-state index in [1.54, 1.807) is 17.0 Å². The monoisotopic (exact) mass is 367 g/mol. The molecule has 0 atom stereocenters. The average Bonchev–Trinajstić information content (AvgIpc) is 2.61. The Hall–Kier alpha value is -1.79. The topological polar surface area (TPSA) is 61.9 Å². The first-order valence-corrected chi connectivity index (χ1v) is 8.94. The lowest BCUT2D eigenvalue weighted by molar-refractivity contribution is 0.0600. The number of rotatable bonds is 5. The molecule has 0 unspecified atom stereocenters. The molecule has 1 aromatic carbocycles. The molecule has 0 aliphatic carbocycles. The van der Waals surface area contributed by atoms with Crippen molar-refractivity contribution in [2.45, 2.75) is 20.3 Å². The van der Waals surface area contributed by atoms with Crippen LogP contribution in [0.3, 0.4) is 0 Å². The molecular weight excluding hydrogens is 342 g/mol. The Morgan fingerprint density at radius 3 is 2.52 bits per heavy atom. The number of carbonyl (C=O) groups is 2. The quantitative estimate of drug-likeness (QED) is 0.811. The van der Waals surface area contributed by atoms with Gasteiger partial charge in [-0.1, -0.05) is 25.4 Å². The maximum absolute atomic E-state index is 12.5. The summed E-state index contributed by atoms with van der Waals surface area (Å²) in [7, 11) is 1.31. The zero-order valence-corrected chi connectivity index (χ0v) is 15.8. The Bertz CT molecular complexity index is 614. The van der Waals surface area contributed by atoms with Gasteiger partial charge in [0, 0.05) is 26.2 Å². The average molecular weight is 368 g/mol. The number of hydrogen-bond donors (Lipinski definition) is 1. The largest absolute Gasteiger partial charge is 0.465 e. The molecule has 1 aliphatic heterocycles. The van der Waals surface area contributed by atoms with Gasteiger partial charge < -0.3 is 15.0 Å². The summed E-state index contributed by atoms with van der Waals surface area (Å²) in [6.45, 7) is 8.61. The Balaban J connectivity index is 1.91. The van der Waals surface area contributed by atoms with E-state index in [2.05, 4.69) is 24.1 Å². The molecule has 1 fully saturated rings. The normalized spacial score (nSPS) is 15.3. The molecule has 0 bridgehead atoms. The minimum atomic E-state index is -0.467. The first-order chi connectivity index (χ1) is 11.9. The van der Waals surface area contributed by atoms with Crippen molar-refractivity contribution in [3.8, 4) is 0 Å². The van der Waals surface area contributed by atoms with Gasteiger partial charge in [-0.15, -0.1) is 0 Å². The van der Waals surface area contributed by atoms with Gasteiger partial charge in [-0.3, -0.25) is 4.90 Å². The van der Waals surface area contributed by atoms with E-state index < -0.39 is 5.97 Å². The van der Waals surface area contributed by atoms with Gasteiger partial charge in [0.2, 0.25) is 0 Å². The zero-order chi connectivity index (χ0) is 18.4. The third kappa shape index (κ3) is 5.61. The Labute approximate surface area is 154 Å². The summed E-state index contributed by atoms with van der Waals surface area (Å²) in [6.07, 6.45) is 1.17. The van der Waals surface area contributed by atoms with Crippen molar-refractivity contribution in [1.82, 2.24) is 9.80 Å². The van der Waals surface area contributed by atoms with Gasteiger partial charge in [0.15, 0.2) is 0 Å². The van der Waals surface area contributed by atoms with E-state index in [0.29, 0.717) is 35.3 Å². The SMILES string of the molecule is COC(=O)c1ccc(Cl)c(NC(=O)N2CCN(CCC(C)C)CC2)c1. The number of carbonyl (C=O) groups excluding carboxylic acids is 2. The summed E-state index contributed by atoms with van der Waals surface area (Å²) in [6, 6.07) is 4.47. The molecule has 6 nitrogen and oxygen atoms in total. The first-order valence-electron chi connectivity index (χ1n) is 8.57. The Kier molecular flexibility index (Phi) is 7.08. The smallest absolute Gasteiger partial charge is 0.337 e. The van der Waals surface area contributed by atoms with Crippen molar-refractivity contribution in [3.63, 3.8) is 0 Å². The number of esters is 1. The molecule has 2 amide bonds.